The SMILES string of the molecule is CCC1(C(=O)N2CCC(O)C(C)C2)CCNC1. The zero-order valence-electron chi connectivity index (χ0n) is 10.9. The molecule has 2 N–H and O–H groups in total. The Morgan fingerprint density at radius 2 is 2.35 bits per heavy atom. The van der Waals surface area contributed by atoms with Gasteiger partial charge >= 0.3 is 0 Å². The molecule has 3 atom stereocenters. The van der Waals surface area contributed by atoms with E-state index in [-0.39, 0.29) is 17.4 Å². The van der Waals surface area contributed by atoms with E-state index in [0.717, 1.165) is 32.4 Å². The maximum absolute atomic E-state index is 12.6. The van der Waals surface area contributed by atoms with Gasteiger partial charge in [0.2, 0.25) is 5.91 Å². The number of piperidine rings is 1. The summed E-state index contributed by atoms with van der Waals surface area (Å²) in [5.74, 6) is 0.500. The summed E-state index contributed by atoms with van der Waals surface area (Å²) >= 11 is 0. The van der Waals surface area contributed by atoms with E-state index in [1.807, 2.05) is 11.8 Å². The van der Waals surface area contributed by atoms with Crippen LogP contribution >= 0.6 is 0 Å². The Morgan fingerprint density at radius 3 is 2.88 bits per heavy atom. The van der Waals surface area contributed by atoms with Gasteiger partial charge in [0.1, 0.15) is 0 Å². The summed E-state index contributed by atoms with van der Waals surface area (Å²) in [6.45, 7) is 7.32. The van der Waals surface area contributed by atoms with E-state index in [1.165, 1.54) is 0 Å². The van der Waals surface area contributed by atoms with Gasteiger partial charge in [0, 0.05) is 19.6 Å². The molecule has 0 aromatic rings. The number of hydrogen-bond donors (Lipinski definition) is 2. The Labute approximate surface area is 103 Å². The summed E-state index contributed by atoms with van der Waals surface area (Å²) in [6.07, 6.45) is 2.35. The molecule has 0 aliphatic carbocycles. The molecule has 17 heavy (non-hydrogen) atoms. The van der Waals surface area contributed by atoms with Crippen LogP contribution in [0.1, 0.15) is 33.1 Å². The highest BCUT2D eigenvalue weighted by molar-refractivity contribution is 5.83. The van der Waals surface area contributed by atoms with Crippen molar-refractivity contribution in [1.29, 1.82) is 0 Å². The first-order valence-corrected chi connectivity index (χ1v) is 6.77. The van der Waals surface area contributed by atoms with Crippen molar-refractivity contribution in [1.82, 2.24) is 10.2 Å². The first-order chi connectivity index (χ1) is 8.09. The lowest BCUT2D eigenvalue weighted by molar-refractivity contribution is -0.145. The van der Waals surface area contributed by atoms with Crippen LogP contribution in [0.25, 0.3) is 0 Å². The quantitative estimate of drug-likeness (QED) is 0.743. The Kier molecular flexibility index (Phi) is 3.73. The lowest BCUT2D eigenvalue weighted by Crippen LogP contribution is -2.51. The molecular formula is C13H24N2O2. The topological polar surface area (TPSA) is 52.6 Å². The molecule has 0 radical (unpaired) electrons. The summed E-state index contributed by atoms with van der Waals surface area (Å²) in [5.41, 5.74) is -0.179. The van der Waals surface area contributed by atoms with Crippen LogP contribution in [0.4, 0.5) is 0 Å². The molecule has 2 aliphatic rings. The first-order valence-electron chi connectivity index (χ1n) is 6.77. The van der Waals surface area contributed by atoms with E-state index < -0.39 is 0 Å². The molecule has 0 aromatic carbocycles. The van der Waals surface area contributed by atoms with Crippen molar-refractivity contribution in [2.75, 3.05) is 26.2 Å². The Morgan fingerprint density at radius 1 is 1.59 bits per heavy atom. The molecule has 4 heteroatoms. The minimum atomic E-state index is -0.238. The van der Waals surface area contributed by atoms with Gasteiger partial charge in [-0.15, -0.1) is 0 Å². The van der Waals surface area contributed by atoms with Crippen molar-refractivity contribution in [2.24, 2.45) is 11.3 Å². The number of aliphatic hydroxyl groups is 1. The zero-order valence-corrected chi connectivity index (χ0v) is 10.9. The van der Waals surface area contributed by atoms with Crippen LogP contribution in [0.2, 0.25) is 0 Å². The van der Waals surface area contributed by atoms with Gasteiger partial charge in [-0.05, 0) is 31.7 Å². The molecule has 1 amide bonds. The van der Waals surface area contributed by atoms with Crippen LogP contribution in [0.3, 0.4) is 0 Å². The molecule has 4 nitrogen and oxygen atoms in total. The highest BCUT2D eigenvalue weighted by atomic mass is 16.3. The fourth-order valence-electron chi connectivity index (χ4n) is 3.03. The van der Waals surface area contributed by atoms with Gasteiger partial charge in [-0.2, -0.15) is 0 Å². The Hall–Kier alpha value is -0.610. The number of carbonyl (C=O) groups excluding carboxylic acids is 1. The van der Waals surface area contributed by atoms with Crippen LogP contribution in [-0.2, 0) is 4.79 Å². The van der Waals surface area contributed by atoms with Gasteiger partial charge in [-0.25, -0.2) is 0 Å². The third kappa shape index (κ3) is 2.33. The van der Waals surface area contributed by atoms with E-state index in [0.29, 0.717) is 19.0 Å². The Bertz CT molecular complexity index is 287. The van der Waals surface area contributed by atoms with E-state index in [2.05, 4.69) is 12.2 Å². The average molecular weight is 240 g/mol. The second kappa shape index (κ2) is 4.94. The average Bonchev–Trinajstić information content (AvgIpc) is 2.81. The molecule has 0 saturated carbocycles. The maximum Gasteiger partial charge on any atom is 0.230 e. The monoisotopic (exact) mass is 240 g/mol. The number of aliphatic hydroxyl groups excluding tert-OH is 1. The second-order valence-corrected chi connectivity index (χ2v) is 5.65. The summed E-state index contributed by atoms with van der Waals surface area (Å²) in [7, 11) is 0. The first kappa shape index (κ1) is 12.8. The predicted molar refractivity (Wildman–Crippen MR) is 66.6 cm³/mol. The van der Waals surface area contributed by atoms with E-state index in [4.69, 9.17) is 0 Å². The number of amides is 1. The predicted octanol–water partition coefficient (Wildman–Crippen LogP) is 0.605. The third-order valence-electron chi connectivity index (χ3n) is 4.52. The molecule has 3 unspecified atom stereocenters. The number of nitrogens with one attached hydrogen (secondary N) is 1. The highest BCUT2D eigenvalue weighted by Crippen LogP contribution is 2.33. The molecule has 98 valence electrons. The number of hydrogen-bond acceptors (Lipinski definition) is 3. The van der Waals surface area contributed by atoms with Crippen LogP contribution in [0.15, 0.2) is 0 Å². The van der Waals surface area contributed by atoms with Crippen LogP contribution in [0.5, 0.6) is 0 Å². The standard InChI is InChI=1S/C13H24N2O2/c1-3-13(5-6-14-9-13)12(17)15-7-4-11(16)10(2)8-15/h10-11,14,16H,3-9H2,1-2H3. The molecule has 2 aliphatic heterocycles. The number of nitrogens with zero attached hydrogens (tertiary/aromatic N) is 1. The van der Waals surface area contributed by atoms with Crippen molar-refractivity contribution in [3.8, 4) is 0 Å². The molecular weight excluding hydrogens is 216 g/mol. The fourth-order valence-corrected chi connectivity index (χ4v) is 3.03. The number of carbonyl (C=O) groups is 1. The van der Waals surface area contributed by atoms with Gasteiger partial charge in [0.25, 0.3) is 0 Å². The molecule has 2 rings (SSSR count). The van der Waals surface area contributed by atoms with Gasteiger partial charge in [0.05, 0.1) is 11.5 Å². The van der Waals surface area contributed by atoms with Gasteiger partial charge in [-0.3, -0.25) is 4.79 Å². The highest BCUT2D eigenvalue weighted by Gasteiger charge is 2.43. The van der Waals surface area contributed by atoms with Gasteiger partial charge in [0.15, 0.2) is 0 Å². The summed E-state index contributed by atoms with van der Waals surface area (Å²) in [4.78, 5) is 14.6. The molecule has 2 saturated heterocycles. The molecule has 0 bridgehead atoms. The van der Waals surface area contributed by atoms with Crippen molar-refractivity contribution in [2.45, 2.75) is 39.2 Å². The van der Waals surface area contributed by atoms with E-state index in [1.54, 1.807) is 0 Å². The van der Waals surface area contributed by atoms with Crippen molar-refractivity contribution < 1.29 is 9.90 Å². The summed E-state index contributed by atoms with van der Waals surface area (Å²) in [5, 5.41) is 13.0. The largest absolute Gasteiger partial charge is 0.393 e. The van der Waals surface area contributed by atoms with Crippen LogP contribution in [0, 0.1) is 11.3 Å². The second-order valence-electron chi connectivity index (χ2n) is 5.65. The fraction of sp³-hybridized carbons (Fsp3) is 0.923. The number of likely N-dealkylation sites (tertiary alicyclic amines) is 1. The summed E-state index contributed by atoms with van der Waals surface area (Å²) in [6, 6.07) is 0. The normalized spacial score (nSPS) is 38.4. The van der Waals surface area contributed by atoms with Gasteiger partial charge in [-0.1, -0.05) is 13.8 Å². The zero-order chi connectivity index (χ0) is 12.5. The van der Waals surface area contributed by atoms with Crippen molar-refractivity contribution >= 4 is 5.91 Å². The van der Waals surface area contributed by atoms with Crippen LogP contribution in [-0.4, -0.2) is 48.2 Å². The molecule has 2 fully saturated rings. The van der Waals surface area contributed by atoms with Gasteiger partial charge < -0.3 is 15.3 Å². The summed E-state index contributed by atoms with van der Waals surface area (Å²) < 4.78 is 0. The minimum absolute atomic E-state index is 0.179. The lowest BCUT2D eigenvalue weighted by Gasteiger charge is -2.39. The minimum Gasteiger partial charge on any atom is -0.393 e. The Balaban J connectivity index is 2.04. The van der Waals surface area contributed by atoms with E-state index >= 15 is 0 Å². The molecule has 0 spiro atoms. The van der Waals surface area contributed by atoms with Crippen LogP contribution < -0.4 is 5.32 Å². The molecule has 0 aromatic heterocycles. The maximum atomic E-state index is 12.6. The molecule has 2 heterocycles. The lowest BCUT2D eigenvalue weighted by atomic mass is 9.81. The smallest absolute Gasteiger partial charge is 0.230 e. The number of rotatable bonds is 2. The third-order valence-corrected chi connectivity index (χ3v) is 4.52. The van der Waals surface area contributed by atoms with Crippen molar-refractivity contribution in [3.63, 3.8) is 0 Å². The van der Waals surface area contributed by atoms with Crippen molar-refractivity contribution in [3.05, 3.63) is 0 Å². The van der Waals surface area contributed by atoms with E-state index in [9.17, 15) is 9.90 Å².